The van der Waals surface area contributed by atoms with Crippen LogP contribution < -0.4 is 0 Å². The normalized spacial score (nSPS) is 11.9. The number of rotatable bonds is 5. The van der Waals surface area contributed by atoms with E-state index in [9.17, 15) is 22.0 Å². The molecule has 4 nitrogen and oxygen atoms in total. The molecule has 148 valence electrons. The van der Waals surface area contributed by atoms with Crippen molar-refractivity contribution in [1.29, 1.82) is 0 Å². The van der Waals surface area contributed by atoms with Crippen molar-refractivity contribution in [3.63, 3.8) is 0 Å². The van der Waals surface area contributed by atoms with Gasteiger partial charge in [0, 0.05) is 10.6 Å². The Morgan fingerprint density at radius 3 is 2.24 bits per heavy atom. The number of ether oxygens (including phenoxy) is 1. The van der Waals surface area contributed by atoms with Crippen molar-refractivity contribution >= 4 is 32.3 Å². The fraction of sp³-hybridized carbons (Fsp3) is 0. The van der Waals surface area contributed by atoms with Crippen LogP contribution in [0.25, 0.3) is 4.91 Å². The molecule has 0 fully saturated rings. The highest BCUT2D eigenvalue weighted by molar-refractivity contribution is 8.00. The maximum atomic E-state index is 14.3. The predicted octanol–water partition coefficient (Wildman–Crippen LogP) is 5.25. The highest BCUT2D eigenvalue weighted by Gasteiger charge is 2.26. The van der Waals surface area contributed by atoms with E-state index in [-0.39, 0.29) is 10.5 Å². The lowest BCUT2D eigenvalue weighted by molar-refractivity contribution is 0.0665. The molecular formula is C21H13ClF2O4S. The van der Waals surface area contributed by atoms with E-state index < -0.39 is 37.9 Å². The van der Waals surface area contributed by atoms with Crippen molar-refractivity contribution in [2.75, 3.05) is 0 Å². The van der Waals surface area contributed by atoms with Gasteiger partial charge in [-0.3, -0.25) is 0 Å². The van der Waals surface area contributed by atoms with E-state index in [2.05, 4.69) is 0 Å². The summed E-state index contributed by atoms with van der Waals surface area (Å²) in [6, 6.07) is 15.2. The van der Waals surface area contributed by atoms with Crippen LogP contribution in [0.4, 0.5) is 8.78 Å². The van der Waals surface area contributed by atoms with Crippen molar-refractivity contribution in [2.45, 2.75) is 4.90 Å². The number of esters is 1. The minimum Gasteiger partial charge on any atom is -0.429 e. The molecule has 0 aliphatic heterocycles. The lowest BCUT2D eigenvalue weighted by Gasteiger charge is -2.11. The maximum Gasteiger partial charge on any atom is 0.342 e. The Morgan fingerprint density at radius 2 is 1.59 bits per heavy atom. The van der Waals surface area contributed by atoms with Crippen LogP contribution >= 0.6 is 11.6 Å². The van der Waals surface area contributed by atoms with Gasteiger partial charge in [-0.05, 0) is 54.6 Å². The number of halogens is 3. The number of sulfone groups is 1. The first kappa shape index (κ1) is 20.7. The van der Waals surface area contributed by atoms with Crippen LogP contribution in [0.3, 0.4) is 0 Å². The van der Waals surface area contributed by atoms with Crippen LogP contribution in [0.15, 0.2) is 84.0 Å². The highest BCUT2D eigenvalue weighted by Crippen LogP contribution is 2.31. The molecule has 0 spiro atoms. The zero-order valence-electron chi connectivity index (χ0n) is 14.7. The molecule has 0 N–H and O–H groups in total. The van der Waals surface area contributed by atoms with Gasteiger partial charge in [0.25, 0.3) is 0 Å². The zero-order valence-corrected chi connectivity index (χ0v) is 16.3. The summed E-state index contributed by atoms with van der Waals surface area (Å²) in [7, 11) is -4.37. The monoisotopic (exact) mass is 434 g/mol. The summed E-state index contributed by atoms with van der Waals surface area (Å²) in [5.74, 6) is -2.70. The molecule has 3 aromatic carbocycles. The molecule has 0 amide bonds. The summed E-state index contributed by atoms with van der Waals surface area (Å²) in [6.45, 7) is 0. The van der Waals surface area contributed by atoms with Crippen LogP contribution in [0, 0.1) is 11.6 Å². The van der Waals surface area contributed by atoms with Gasteiger partial charge < -0.3 is 4.74 Å². The topological polar surface area (TPSA) is 60.4 Å². The van der Waals surface area contributed by atoms with E-state index in [4.69, 9.17) is 16.3 Å². The largest absolute Gasteiger partial charge is 0.429 e. The average molecular weight is 435 g/mol. The molecule has 0 bridgehead atoms. The quantitative estimate of drug-likeness (QED) is 0.406. The van der Waals surface area contributed by atoms with Crippen molar-refractivity contribution in [3.8, 4) is 0 Å². The minimum absolute atomic E-state index is 0.159. The van der Waals surface area contributed by atoms with Crippen LogP contribution in [0.5, 0.6) is 0 Å². The Labute approximate surface area is 170 Å². The minimum atomic E-state index is -4.37. The smallest absolute Gasteiger partial charge is 0.342 e. The number of hydrogen-bond donors (Lipinski definition) is 0. The average Bonchev–Trinajstić information content (AvgIpc) is 2.71. The summed E-state index contributed by atoms with van der Waals surface area (Å²) >= 11 is 5.79. The van der Waals surface area contributed by atoms with Gasteiger partial charge >= 0.3 is 5.97 Å². The standard InChI is InChI=1S/C21H13ClF2O4S/c22-15-6-9-17(10-7-15)29(26,27)20(18-12-16(23)8-11-19(18)24)13-28-21(25)14-4-2-1-3-5-14/h1-13H/b20-13+. The van der Waals surface area contributed by atoms with Crippen LogP contribution in [-0.2, 0) is 14.6 Å². The molecular weight excluding hydrogens is 422 g/mol. The number of benzene rings is 3. The molecule has 0 unspecified atom stereocenters. The molecule has 29 heavy (non-hydrogen) atoms. The molecule has 3 aromatic rings. The summed E-state index contributed by atoms with van der Waals surface area (Å²) in [4.78, 5) is 11.3. The first-order valence-electron chi connectivity index (χ1n) is 8.21. The van der Waals surface area contributed by atoms with E-state index in [0.717, 1.165) is 12.1 Å². The van der Waals surface area contributed by atoms with Crippen LogP contribution in [-0.4, -0.2) is 14.4 Å². The van der Waals surface area contributed by atoms with Crippen molar-refractivity contribution in [3.05, 3.63) is 107 Å². The van der Waals surface area contributed by atoms with Gasteiger partial charge in [-0.15, -0.1) is 0 Å². The molecule has 0 saturated carbocycles. The molecule has 0 heterocycles. The molecule has 0 saturated heterocycles. The summed E-state index contributed by atoms with van der Waals surface area (Å²) in [5.41, 5.74) is -0.410. The van der Waals surface area contributed by atoms with Crippen molar-refractivity contribution < 1.29 is 26.7 Å². The fourth-order valence-corrected chi connectivity index (χ4v) is 3.94. The van der Waals surface area contributed by atoms with Crippen molar-refractivity contribution in [2.24, 2.45) is 0 Å². The Hall–Kier alpha value is -3.03. The van der Waals surface area contributed by atoms with Crippen molar-refractivity contribution in [1.82, 2.24) is 0 Å². The molecule has 0 radical (unpaired) electrons. The SMILES string of the molecule is O=C(O/C=C(\c1cc(F)ccc1F)S(=O)(=O)c1ccc(Cl)cc1)c1ccccc1. The van der Waals surface area contributed by atoms with E-state index in [1.165, 1.54) is 36.4 Å². The molecule has 0 aromatic heterocycles. The van der Waals surface area contributed by atoms with Gasteiger partial charge in [-0.1, -0.05) is 29.8 Å². The molecule has 0 aliphatic carbocycles. The fourth-order valence-electron chi connectivity index (χ4n) is 2.45. The summed E-state index contributed by atoms with van der Waals surface area (Å²) in [6.07, 6.45) is 0.608. The highest BCUT2D eigenvalue weighted by atomic mass is 35.5. The number of hydrogen-bond acceptors (Lipinski definition) is 4. The molecule has 0 aliphatic rings. The van der Waals surface area contributed by atoms with Gasteiger partial charge in [0.1, 0.15) is 22.8 Å². The van der Waals surface area contributed by atoms with Gasteiger partial charge in [0.2, 0.25) is 9.84 Å². The van der Waals surface area contributed by atoms with E-state index in [1.807, 2.05) is 0 Å². The zero-order chi connectivity index (χ0) is 21.0. The maximum absolute atomic E-state index is 14.3. The summed E-state index contributed by atoms with van der Waals surface area (Å²) in [5, 5.41) is 0.293. The summed E-state index contributed by atoms with van der Waals surface area (Å²) < 4.78 is 59.2. The third kappa shape index (κ3) is 4.70. The Morgan fingerprint density at radius 1 is 0.931 bits per heavy atom. The predicted molar refractivity (Wildman–Crippen MR) is 105 cm³/mol. The second-order valence-electron chi connectivity index (χ2n) is 5.83. The third-order valence-corrected chi connectivity index (χ3v) is 5.93. The Balaban J connectivity index is 2.10. The van der Waals surface area contributed by atoms with Gasteiger partial charge in [0.15, 0.2) is 0 Å². The number of carbonyl (C=O) groups is 1. The lowest BCUT2D eigenvalue weighted by Crippen LogP contribution is -2.09. The van der Waals surface area contributed by atoms with Crippen LogP contribution in [0.2, 0.25) is 5.02 Å². The van der Waals surface area contributed by atoms with Gasteiger partial charge in [-0.2, -0.15) is 0 Å². The second-order valence-corrected chi connectivity index (χ2v) is 8.19. The molecule has 3 rings (SSSR count). The van der Waals surface area contributed by atoms with Gasteiger partial charge in [-0.25, -0.2) is 22.0 Å². The second kappa shape index (κ2) is 8.55. The lowest BCUT2D eigenvalue weighted by atomic mass is 10.2. The van der Waals surface area contributed by atoms with E-state index in [0.29, 0.717) is 17.4 Å². The van der Waals surface area contributed by atoms with E-state index in [1.54, 1.807) is 18.2 Å². The molecule has 0 atom stereocenters. The third-order valence-electron chi connectivity index (χ3n) is 3.89. The first-order chi connectivity index (χ1) is 13.8. The first-order valence-corrected chi connectivity index (χ1v) is 10.1. The van der Waals surface area contributed by atoms with Crippen LogP contribution in [0.1, 0.15) is 15.9 Å². The van der Waals surface area contributed by atoms with Gasteiger partial charge in [0.05, 0.1) is 10.5 Å². The Bertz CT molecular complexity index is 1180. The molecule has 8 heteroatoms. The number of carbonyl (C=O) groups excluding carboxylic acids is 1. The van der Waals surface area contributed by atoms with E-state index >= 15 is 0 Å². The Kier molecular flexibility index (Phi) is 6.10.